The Labute approximate surface area is 182 Å². The molecule has 1 aromatic heterocycles. The highest BCUT2D eigenvalue weighted by atomic mass is 127. The number of aliphatic hydroxyl groups is 1. The van der Waals surface area contributed by atoms with Crippen molar-refractivity contribution in [3.8, 4) is 5.75 Å². The fraction of sp³-hybridized carbons (Fsp3) is 0.450. The van der Waals surface area contributed by atoms with Crippen molar-refractivity contribution in [1.29, 1.82) is 0 Å². The third-order valence-corrected chi connectivity index (χ3v) is 3.85. The minimum atomic E-state index is -1.21. The fourth-order valence-corrected chi connectivity index (χ4v) is 2.43. The van der Waals surface area contributed by atoms with Crippen molar-refractivity contribution < 1.29 is 18.7 Å². The van der Waals surface area contributed by atoms with Gasteiger partial charge in [-0.2, -0.15) is 0 Å². The second-order valence-corrected chi connectivity index (χ2v) is 6.65. The molecule has 28 heavy (non-hydrogen) atoms. The molecule has 1 aromatic carbocycles. The van der Waals surface area contributed by atoms with Crippen LogP contribution in [0.1, 0.15) is 32.3 Å². The van der Waals surface area contributed by atoms with Crippen LogP contribution >= 0.6 is 24.0 Å². The predicted molar refractivity (Wildman–Crippen MR) is 119 cm³/mol. The van der Waals surface area contributed by atoms with Gasteiger partial charge in [0.1, 0.15) is 34.8 Å². The zero-order chi connectivity index (χ0) is 19.9. The topological polar surface area (TPSA) is 79.0 Å². The fourth-order valence-electron chi connectivity index (χ4n) is 2.43. The Hall–Kier alpha value is -1.81. The lowest BCUT2D eigenvalue weighted by Gasteiger charge is -2.21. The highest BCUT2D eigenvalue weighted by Gasteiger charge is 2.26. The van der Waals surface area contributed by atoms with Gasteiger partial charge in [0.15, 0.2) is 5.96 Å². The molecule has 0 aliphatic carbocycles. The molecule has 0 bridgehead atoms. The second-order valence-electron chi connectivity index (χ2n) is 6.65. The van der Waals surface area contributed by atoms with Gasteiger partial charge in [-0.1, -0.05) is 6.07 Å². The lowest BCUT2D eigenvalue weighted by molar-refractivity contribution is 0.0428. The SMILES string of the molecule is CCNC(=NCC(C)(O)c1ccc(C)o1)NCC(C)Oc1cccc(F)c1.I. The first kappa shape index (κ1) is 24.2. The largest absolute Gasteiger partial charge is 0.489 e. The van der Waals surface area contributed by atoms with E-state index in [1.165, 1.54) is 12.1 Å². The zero-order valence-corrected chi connectivity index (χ0v) is 19.0. The summed E-state index contributed by atoms with van der Waals surface area (Å²) in [4.78, 5) is 4.43. The molecular formula is C20H29FIN3O3. The summed E-state index contributed by atoms with van der Waals surface area (Å²) in [5.74, 6) is 1.90. The molecule has 0 radical (unpaired) electrons. The van der Waals surface area contributed by atoms with E-state index < -0.39 is 5.60 Å². The molecule has 2 unspecified atom stereocenters. The van der Waals surface area contributed by atoms with Gasteiger partial charge < -0.3 is 24.9 Å². The molecule has 0 fully saturated rings. The number of halogens is 2. The summed E-state index contributed by atoms with van der Waals surface area (Å²) in [5.41, 5.74) is -1.21. The number of hydrogen-bond acceptors (Lipinski definition) is 4. The summed E-state index contributed by atoms with van der Waals surface area (Å²) in [6.45, 7) is 8.59. The number of nitrogens with one attached hydrogen (secondary N) is 2. The number of benzene rings is 1. The Balaban J connectivity index is 0.00000392. The van der Waals surface area contributed by atoms with Crippen LogP contribution in [0.3, 0.4) is 0 Å². The third kappa shape index (κ3) is 7.67. The first-order chi connectivity index (χ1) is 12.8. The van der Waals surface area contributed by atoms with Crippen LogP contribution in [-0.4, -0.2) is 36.8 Å². The Morgan fingerprint density at radius 3 is 2.68 bits per heavy atom. The summed E-state index contributed by atoms with van der Waals surface area (Å²) < 4.78 is 24.4. The van der Waals surface area contributed by atoms with Gasteiger partial charge in [-0.15, -0.1) is 24.0 Å². The second kappa shape index (κ2) is 11.3. The zero-order valence-electron chi connectivity index (χ0n) is 16.7. The molecule has 8 heteroatoms. The number of hydrogen-bond donors (Lipinski definition) is 3. The molecular weight excluding hydrogens is 476 g/mol. The van der Waals surface area contributed by atoms with Crippen molar-refractivity contribution in [3.63, 3.8) is 0 Å². The summed E-state index contributed by atoms with van der Waals surface area (Å²) in [7, 11) is 0. The van der Waals surface area contributed by atoms with Crippen LogP contribution < -0.4 is 15.4 Å². The van der Waals surface area contributed by atoms with Crippen molar-refractivity contribution in [2.75, 3.05) is 19.6 Å². The summed E-state index contributed by atoms with van der Waals surface area (Å²) >= 11 is 0. The highest BCUT2D eigenvalue weighted by Crippen LogP contribution is 2.23. The molecule has 0 aliphatic heterocycles. The first-order valence-corrected chi connectivity index (χ1v) is 9.04. The van der Waals surface area contributed by atoms with E-state index in [0.717, 1.165) is 5.76 Å². The van der Waals surface area contributed by atoms with E-state index >= 15 is 0 Å². The van der Waals surface area contributed by atoms with Crippen LogP contribution in [-0.2, 0) is 5.60 Å². The lowest BCUT2D eigenvalue weighted by atomic mass is 10.0. The average molecular weight is 505 g/mol. The molecule has 2 atom stereocenters. The van der Waals surface area contributed by atoms with Gasteiger partial charge >= 0.3 is 0 Å². The Morgan fingerprint density at radius 1 is 1.32 bits per heavy atom. The van der Waals surface area contributed by atoms with Crippen molar-refractivity contribution >= 4 is 29.9 Å². The number of rotatable bonds is 8. The summed E-state index contributed by atoms with van der Waals surface area (Å²) in [6, 6.07) is 9.59. The van der Waals surface area contributed by atoms with Crippen molar-refractivity contribution in [2.45, 2.75) is 39.4 Å². The van der Waals surface area contributed by atoms with E-state index in [9.17, 15) is 9.50 Å². The van der Waals surface area contributed by atoms with Gasteiger partial charge in [0.25, 0.3) is 0 Å². The van der Waals surface area contributed by atoms with Gasteiger partial charge in [0, 0.05) is 12.6 Å². The summed E-state index contributed by atoms with van der Waals surface area (Å²) in [6.07, 6.45) is -0.205. The molecule has 156 valence electrons. The molecule has 0 spiro atoms. The predicted octanol–water partition coefficient (Wildman–Crippen LogP) is 3.58. The van der Waals surface area contributed by atoms with E-state index in [2.05, 4.69) is 15.6 Å². The van der Waals surface area contributed by atoms with Crippen LogP contribution in [0.4, 0.5) is 4.39 Å². The number of aryl methyl sites for hydroxylation is 1. The molecule has 2 aromatic rings. The Kier molecular flexibility index (Phi) is 9.74. The number of furan rings is 1. The van der Waals surface area contributed by atoms with Gasteiger partial charge in [-0.3, -0.25) is 0 Å². The normalized spacial score (nSPS) is 14.6. The number of guanidine groups is 1. The van der Waals surface area contributed by atoms with Crippen molar-refractivity contribution in [3.05, 3.63) is 53.7 Å². The molecule has 0 aliphatic rings. The van der Waals surface area contributed by atoms with Gasteiger partial charge in [0.2, 0.25) is 0 Å². The lowest BCUT2D eigenvalue weighted by Crippen LogP contribution is -2.42. The third-order valence-electron chi connectivity index (χ3n) is 3.85. The van der Waals surface area contributed by atoms with Crippen molar-refractivity contribution in [2.24, 2.45) is 4.99 Å². The number of aliphatic imine (C=N–C) groups is 1. The molecule has 2 rings (SSSR count). The van der Waals surface area contributed by atoms with Crippen LogP contribution in [0.25, 0.3) is 0 Å². The van der Waals surface area contributed by atoms with E-state index in [1.807, 2.05) is 26.8 Å². The Morgan fingerprint density at radius 2 is 2.07 bits per heavy atom. The molecule has 3 N–H and O–H groups in total. The van der Waals surface area contributed by atoms with E-state index in [4.69, 9.17) is 9.15 Å². The maximum absolute atomic E-state index is 13.2. The van der Waals surface area contributed by atoms with Gasteiger partial charge in [-0.25, -0.2) is 9.38 Å². The van der Waals surface area contributed by atoms with Crippen LogP contribution in [0.15, 0.2) is 45.8 Å². The van der Waals surface area contributed by atoms with E-state index in [-0.39, 0.29) is 42.4 Å². The van der Waals surface area contributed by atoms with Gasteiger partial charge in [-0.05, 0) is 52.0 Å². The quantitative estimate of drug-likeness (QED) is 0.291. The van der Waals surface area contributed by atoms with Crippen LogP contribution in [0.5, 0.6) is 5.75 Å². The highest BCUT2D eigenvalue weighted by molar-refractivity contribution is 14.0. The van der Waals surface area contributed by atoms with Gasteiger partial charge in [0.05, 0.1) is 13.1 Å². The van der Waals surface area contributed by atoms with E-state index in [1.54, 1.807) is 25.1 Å². The summed E-state index contributed by atoms with van der Waals surface area (Å²) in [5, 5.41) is 16.9. The maximum Gasteiger partial charge on any atom is 0.191 e. The molecule has 0 saturated carbocycles. The minimum Gasteiger partial charge on any atom is -0.489 e. The van der Waals surface area contributed by atoms with Crippen LogP contribution in [0.2, 0.25) is 0 Å². The molecule has 6 nitrogen and oxygen atoms in total. The number of ether oxygens (including phenoxy) is 1. The van der Waals surface area contributed by atoms with Crippen LogP contribution in [0, 0.1) is 12.7 Å². The molecule has 0 saturated heterocycles. The number of nitrogens with zero attached hydrogens (tertiary/aromatic N) is 1. The molecule has 0 amide bonds. The standard InChI is InChI=1S/C20H28FN3O3.HI/c1-5-22-19(24-13-20(4,25)18-10-9-14(2)27-18)23-12-15(3)26-17-8-6-7-16(21)11-17;/h6-11,15,25H,5,12-13H2,1-4H3,(H2,22,23,24);1H. The monoisotopic (exact) mass is 505 g/mol. The Bertz CT molecular complexity index is 765. The first-order valence-electron chi connectivity index (χ1n) is 9.04. The smallest absolute Gasteiger partial charge is 0.191 e. The van der Waals surface area contributed by atoms with E-state index in [0.29, 0.717) is 30.6 Å². The minimum absolute atomic E-state index is 0. The molecule has 1 heterocycles. The van der Waals surface area contributed by atoms with Crippen molar-refractivity contribution in [1.82, 2.24) is 10.6 Å². The maximum atomic E-state index is 13.2. The average Bonchev–Trinajstić information content (AvgIpc) is 3.05.